The van der Waals surface area contributed by atoms with Crippen LogP contribution in [0.1, 0.15) is 36.3 Å². The summed E-state index contributed by atoms with van der Waals surface area (Å²) < 4.78 is 5.10. The highest BCUT2D eigenvalue weighted by molar-refractivity contribution is 6.30. The number of rotatable bonds is 6. The van der Waals surface area contributed by atoms with E-state index in [-0.39, 0.29) is 18.6 Å². The van der Waals surface area contributed by atoms with Crippen molar-refractivity contribution in [2.75, 3.05) is 6.54 Å². The minimum atomic E-state index is -0.856. The summed E-state index contributed by atoms with van der Waals surface area (Å²) in [5.74, 6) is 0.888. The molecule has 1 heterocycles. The molecule has 1 aliphatic carbocycles. The molecule has 1 aromatic heterocycles. The predicted octanol–water partition coefficient (Wildman–Crippen LogP) is 3.42. The number of hydrogen-bond donors (Lipinski definition) is 3. The molecule has 1 aromatic carbocycles. The van der Waals surface area contributed by atoms with Crippen molar-refractivity contribution in [3.8, 4) is 0 Å². The van der Waals surface area contributed by atoms with E-state index < -0.39 is 6.10 Å². The molecule has 0 aliphatic heterocycles. The van der Waals surface area contributed by atoms with Crippen molar-refractivity contribution in [2.24, 2.45) is 5.92 Å². The van der Waals surface area contributed by atoms with Crippen LogP contribution in [0.2, 0.25) is 5.02 Å². The first-order valence-electron chi connectivity index (χ1n) is 7.65. The molecule has 3 rings (SSSR count). The van der Waals surface area contributed by atoms with E-state index in [4.69, 9.17) is 16.0 Å². The molecule has 0 saturated heterocycles. The van der Waals surface area contributed by atoms with E-state index >= 15 is 0 Å². The van der Waals surface area contributed by atoms with E-state index in [1.807, 2.05) is 24.3 Å². The number of aliphatic hydroxyl groups is 1. The van der Waals surface area contributed by atoms with Gasteiger partial charge < -0.3 is 20.2 Å². The summed E-state index contributed by atoms with van der Waals surface area (Å²) in [5, 5.41) is 16.2. The van der Waals surface area contributed by atoms with Crippen molar-refractivity contribution < 1.29 is 14.3 Å². The molecule has 0 radical (unpaired) electrons. The SMILES string of the molecule is O=C(NCC(O)c1ccco1)NC(c1ccc(Cl)cc1)C1CC1. The number of nitrogens with one attached hydrogen (secondary N) is 2. The molecule has 23 heavy (non-hydrogen) atoms. The van der Waals surface area contributed by atoms with E-state index in [1.165, 1.54) is 6.26 Å². The van der Waals surface area contributed by atoms with Crippen LogP contribution in [0.4, 0.5) is 4.79 Å². The summed E-state index contributed by atoms with van der Waals surface area (Å²) in [4.78, 5) is 12.1. The molecule has 3 N–H and O–H groups in total. The van der Waals surface area contributed by atoms with Gasteiger partial charge in [-0.15, -0.1) is 0 Å². The number of hydrogen-bond acceptors (Lipinski definition) is 3. The second kappa shape index (κ2) is 7.06. The Bertz CT molecular complexity index is 638. The lowest BCUT2D eigenvalue weighted by molar-refractivity contribution is 0.147. The highest BCUT2D eigenvalue weighted by atomic mass is 35.5. The lowest BCUT2D eigenvalue weighted by Crippen LogP contribution is -2.40. The van der Waals surface area contributed by atoms with Crippen LogP contribution in [0.5, 0.6) is 0 Å². The van der Waals surface area contributed by atoms with Crippen molar-refractivity contribution in [1.29, 1.82) is 0 Å². The molecule has 122 valence electrons. The number of carbonyl (C=O) groups is 1. The summed E-state index contributed by atoms with van der Waals surface area (Å²) in [7, 11) is 0. The normalized spacial score (nSPS) is 16.6. The van der Waals surface area contributed by atoms with Gasteiger partial charge in [-0.05, 0) is 48.6 Å². The van der Waals surface area contributed by atoms with Gasteiger partial charge in [-0.25, -0.2) is 4.79 Å². The van der Waals surface area contributed by atoms with Crippen LogP contribution in [0.25, 0.3) is 0 Å². The third-order valence-electron chi connectivity index (χ3n) is 3.94. The molecule has 1 fully saturated rings. The van der Waals surface area contributed by atoms with Gasteiger partial charge in [0.1, 0.15) is 11.9 Å². The van der Waals surface area contributed by atoms with Gasteiger partial charge in [0.05, 0.1) is 18.8 Å². The van der Waals surface area contributed by atoms with Gasteiger partial charge in [0.2, 0.25) is 0 Å². The predicted molar refractivity (Wildman–Crippen MR) is 87.1 cm³/mol. The zero-order valence-electron chi connectivity index (χ0n) is 12.5. The van der Waals surface area contributed by atoms with E-state index in [9.17, 15) is 9.90 Å². The average molecular weight is 335 g/mol. The molecular formula is C17H19ClN2O3. The maximum Gasteiger partial charge on any atom is 0.315 e. The molecule has 0 bridgehead atoms. The number of urea groups is 1. The van der Waals surface area contributed by atoms with Gasteiger partial charge in [0.25, 0.3) is 0 Å². The van der Waals surface area contributed by atoms with E-state index in [0.29, 0.717) is 16.7 Å². The Kier molecular flexibility index (Phi) is 4.88. The molecule has 1 aliphatic rings. The van der Waals surface area contributed by atoms with Crippen LogP contribution in [0.3, 0.4) is 0 Å². The third-order valence-corrected chi connectivity index (χ3v) is 4.19. The van der Waals surface area contributed by atoms with Crippen LogP contribution in [0.15, 0.2) is 47.1 Å². The lowest BCUT2D eigenvalue weighted by atomic mass is 10.0. The Morgan fingerprint density at radius 2 is 2.04 bits per heavy atom. The van der Waals surface area contributed by atoms with Crippen LogP contribution in [-0.2, 0) is 0 Å². The van der Waals surface area contributed by atoms with Crippen molar-refractivity contribution in [3.63, 3.8) is 0 Å². The first kappa shape index (κ1) is 15.9. The standard InChI is InChI=1S/C17H19ClN2O3/c18-13-7-5-12(6-8-13)16(11-3-4-11)20-17(22)19-10-14(21)15-2-1-9-23-15/h1-2,5-9,11,14,16,21H,3-4,10H2,(H2,19,20,22). The fourth-order valence-corrected chi connectivity index (χ4v) is 2.66. The number of aliphatic hydroxyl groups excluding tert-OH is 1. The molecule has 5 nitrogen and oxygen atoms in total. The molecule has 2 unspecified atom stereocenters. The summed E-state index contributed by atoms with van der Waals surface area (Å²) in [6.45, 7) is 0.0946. The molecule has 2 aromatic rings. The summed E-state index contributed by atoms with van der Waals surface area (Å²) >= 11 is 5.91. The van der Waals surface area contributed by atoms with Crippen LogP contribution < -0.4 is 10.6 Å². The Labute approximate surface area is 139 Å². The first-order valence-corrected chi connectivity index (χ1v) is 8.02. The zero-order valence-corrected chi connectivity index (χ0v) is 13.3. The van der Waals surface area contributed by atoms with E-state index in [2.05, 4.69) is 10.6 Å². The average Bonchev–Trinajstić information content (AvgIpc) is 3.24. The molecule has 2 amide bonds. The van der Waals surface area contributed by atoms with Crippen molar-refractivity contribution in [3.05, 3.63) is 59.0 Å². The topological polar surface area (TPSA) is 74.5 Å². The van der Waals surface area contributed by atoms with Crippen LogP contribution >= 0.6 is 11.6 Å². The Morgan fingerprint density at radius 1 is 1.30 bits per heavy atom. The molecule has 0 spiro atoms. The monoisotopic (exact) mass is 334 g/mol. The third kappa shape index (κ3) is 4.27. The number of amides is 2. The van der Waals surface area contributed by atoms with Crippen molar-refractivity contribution in [2.45, 2.75) is 25.0 Å². The fraction of sp³-hybridized carbons (Fsp3) is 0.353. The number of carbonyl (C=O) groups excluding carboxylic acids is 1. The number of halogens is 1. The maximum atomic E-state index is 12.1. The van der Waals surface area contributed by atoms with Crippen molar-refractivity contribution in [1.82, 2.24) is 10.6 Å². The van der Waals surface area contributed by atoms with Gasteiger partial charge in [-0.3, -0.25) is 0 Å². The summed E-state index contributed by atoms with van der Waals surface area (Å²) in [5.41, 5.74) is 1.04. The summed E-state index contributed by atoms with van der Waals surface area (Å²) in [6.07, 6.45) is 2.83. The molecule has 6 heteroatoms. The fourth-order valence-electron chi connectivity index (χ4n) is 2.54. The van der Waals surface area contributed by atoms with Gasteiger partial charge in [-0.2, -0.15) is 0 Å². The van der Waals surface area contributed by atoms with Gasteiger partial charge in [0, 0.05) is 5.02 Å². The van der Waals surface area contributed by atoms with Crippen LogP contribution in [-0.4, -0.2) is 17.7 Å². The maximum absolute atomic E-state index is 12.1. The highest BCUT2D eigenvalue weighted by Gasteiger charge is 2.33. The Morgan fingerprint density at radius 3 is 2.65 bits per heavy atom. The lowest BCUT2D eigenvalue weighted by Gasteiger charge is -2.20. The Hall–Kier alpha value is -1.98. The van der Waals surface area contributed by atoms with E-state index in [1.54, 1.807) is 12.1 Å². The van der Waals surface area contributed by atoms with Gasteiger partial charge in [0.15, 0.2) is 0 Å². The molecule has 1 saturated carbocycles. The van der Waals surface area contributed by atoms with Gasteiger partial charge in [-0.1, -0.05) is 23.7 Å². The number of benzene rings is 1. The minimum absolute atomic E-state index is 0.0342. The second-order valence-corrected chi connectivity index (χ2v) is 6.19. The second-order valence-electron chi connectivity index (χ2n) is 5.75. The first-order chi connectivity index (χ1) is 11.1. The summed E-state index contributed by atoms with van der Waals surface area (Å²) in [6, 6.07) is 10.6. The van der Waals surface area contributed by atoms with E-state index in [0.717, 1.165) is 18.4 Å². The Balaban J connectivity index is 1.55. The van der Waals surface area contributed by atoms with Crippen molar-refractivity contribution >= 4 is 17.6 Å². The largest absolute Gasteiger partial charge is 0.467 e. The molecule has 2 atom stereocenters. The van der Waals surface area contributed by atoms with Crippen LogP contribution in [0, 0.1) is 5.92 Å². The van der Waals surface area contributed by atoms with Gasteiger partial charge >= 0.3 is 6.03 Å². The smallest absolute Gasteiger partial charge is 0.315 e. The minimum Gasteiger partial charge on any atom is -0.467 e. The molecular weight excluding hydrogens is 316 g/mol. The highest BCUT2D eigenvalue weighted by Crippen LogP contribution is 2.41. The quantitative estimate of drug-likeness (QED) is 0.757. The number of furan rings is 1. The zero-order chi connectivity index (χ0) is 16.2.